The summed E-state index contributed by atoms with van der Waals surface area (Å²) < 4.78 is 0. The fraction of sp³-hybridized carbons (Fsp3) is 0.571. The lowest BCUT2D eigenvalue weighted by molar-refractivity contribution is 0.200. The summed E-state index contributed by atoms with van der Waals surface area (Å²) in [5, 5.41) is 12.2. The van der Waals surface area contributed by atoms with Gasteiger partial charge in [-0.3, -0.25) is 0 Å². The van der Waals surface area contributed by atoms with E-state index in [2.05, 4.69) is 0 Å². The number of benzene rings is 1. The molecule has 2 rings (SSSR count). The summed E-state index contributed by atoms with van der Waals surface area (Å²) in [5.41, 5.74) is 0.934. The highest BCUT2D eigenvalue weighted by Gasteiger charge is 2.17. The summed E-state index contributed by atoms with van der Waals surface area (Å²) in [6.45, 7) is 0. The molecule has 0 heterocycles. The monoisotopic (exact) mass is 304 g/mol. The van der Waals surface area contributed by atoms with E-state index in [1.165, 1.54) is 25.7 Å². The largest absolute Gasteiger partial charge is 0.392 e. The van der Waals surface area contributed by atoms with Gasteiger partial charge in [-0.05, 0) is 36.6 Å². The Labute approximate surface area is 123 Å². The number of halogens is 2. The lowest BCUT2D eigenvalue weighted by Crippen LogP contribution is -2.15. The van der Waals surface area contributed by atoms with E-state index in [4.69, 9.17) is 23.2 Å². The molecule has 1 aliphatic carbocycles. The summed E-state index contributed by atoms with van der Waals surface area (Å²) in [6, 6.07) is 5.40. The minimum absolute atomic E-state index is 0.341. The first kappa shape index (κ1) is 14.5. The molecule has 0 radical (unpaired) electrons. The third kappa shape index (κ3) is 4.34. The first-order valence-electron chi connectivity index (χ1n) is 6.39. The van der Waals surface area contributed by atoms with E-state index in [9.17, 15) is 5.11 Å². The van der Waals surface area contributed by atoms with Crippen molar-refractivity contribution in [3.8, 4) is 0 Å². The average molecular weight is 305 g/mol. The van der Waals surface area contributed by atoms with E-state index in [1.54, 1.807) is 12.1 Å². The van der Waals surface area contributed by atoms with Crippen LogP contribution < -0.4 is 0 Å². The minimum Gasteiger partial charge on any atom is -0.392 e. The number of rotatable bonds is 5. The molecule has 1 fully saturated rings. The molecule has 4 heteroatoms. The average Bonchev–Trinajstić information content (AvgIpc) is 2.84. The smallest absolute Gasteiger partial charge is 0.0671 e. The van der Waals surface area contributed by atoms with Crippen molar-refractivity contribution < 1.29 is 5.11 Å². The van der Waals surface area contributed by atoms with E-state index in [-0.39, 0.29) is 6.10 Å². The fourth-order valence-corrected chi connectivity index (χ4v) is 3.98. The van der Waals surface area contributed by atoms with Crippen molar-refractivity contribution in [2.45, 2.75) is 43.5 Å². The molecule has 0 spiro atoms. The predicted molar refractivity (Wildman–Crippen MR) is 80.9 cm³/mol. The van der Waals surface area contributed by atoms with Crippen molar-refractivity contribution in [2.24, 2.45) is 0 Å². The Kier molecular flexibility index (Phi) is 5.68. The van der Waals surface area contributed by atoms with Gasteiger partial charge in [-0.25, -0.2) is 0 Å². The van der Waals surface area contributed by atoms with E-state index in [1.807, 2.05) is 17.8 Å². The van der Waals surface area contributed by atoms with E-state index in [0.29, 0.717) is 16.5 Å². The summed E-state index contributed by atoms with van der Waals surface area (Å²) in [4.78, 5) is 0. The molecule has 1 N–H and O–H groups in total. The number of hydrogen-bond donors (Lipinski definition) is 1. The van der Waals surface area contributed by atoms with Gasteiger partial charge >= 0.3 is 0 Å². The lowest BCUT2D eigenvalue weighted by atomic mass is 10.1. The van der Waals surface area contributed by atoms with Gasteiger partial charge in [-0.1, -0.05) is 36.0 Å². The summed E-state index contributed by atoms with van der Waals surface area (Å²) in [6.07, 6.45) is 5.53. The van der Waals surface area contributed by atoms with Crippen molar-refractivity contribution in [1.82, 2.24) is 0 Å². The number of aliphatic hydroxyl groups excluding tert-OH is 1. The van der Waals surface area contributed by atoms with Gasteiger partial charge < -0.3 is 5.11 Å². The van der Waals surface area contributed by atoms with Crippen LogP contribution in [-0.2, 0) is 6.42 Å². The standard InChI is InChI=1S/C14H18Cl2OS/c15-11-5-6-14(16)10(7-11)8-12(17)9-18-13-3-1-2-4-13/h5-7,12-13,17H,1-4,8-9H2. The first-order valence-corrected chi connectivity index (χ1v) is 8.19. The van der Waals surface area contributed by atoms with Crippen LogP contribution >= 0.6 is 35.0 Å². The summed E-state index contributed by atoms with van der Waals surface area (Å²) >= 11 is 13.9. The van der Waals surface area contributed by atoms with Crippen LogP contribution in [0.4, 0.5) is 0 Å². The maximum absolute atomic E-state index is 10.1. The third-order valence-electron chi connectivity index (χ3n) is 3.29. The highest BCUT2D eigenvalue weighted by Crippen LogP contribution is 2.30. The molecule has 1 unspecified atom stereocenters. The van der Waals surface area contributed by atoms with Crippen LogP contribution in [0.15, 0.2) is 18.2 Å². The second-order valence-corrected chi connectivity index (χ2v) is 7.01. The van der Waals surface area contributed by atoms with E-state index in [0.717, 1.165) is 16.6 Å². The van der Waals surface area contributed by atoms with Crippen LogP contribution in [0, 0.1) is 0 Å². The van der Waals surface area contributed by atoms with Crippen LogP contribution in [0.1, 0.15) is 31.2 Å². The topological polar surface area (TPSA) is 20.2 Å². The maximum atomic E-state index is 10.1. The van der Waals surface area contributed by atoms with Crippen LogP contribution in [-0.4, -0.2) is 22.2 Å². The van der Waals surface area contributed by atoms with Gasteiger partial charge in [0.25, 0.3) is 0 Å². The Balaban J connectivity index is 1.82. The number of thioether (sulfide) groups is 1. The molecule has 1 nitrogen and oxygen atoms in total. The zero-order valence-corrected chi connectivity index (χ0v) is 12.6. The van der Waals surface area contributed by atoms with Crippen molar-refractivity contribution in [1.29, 1.82) is 0 Å². The molecule has 1 aliphatic rings. The van der Waals surface area contributed by atoms with Crippen molar-refractivity contribution in [3.63, 3.8) is 0 Å². The molecule has 100 valence electrons. The Bertz CT molecular complexity index is 391. The number of hydrogen-bond acceptors (Lipinski definition) is 2. The van der Waals surface area contributed by atoms with E-state index < -0.39 is 0 Å². The van der Waals surface area contributed by atoms with Gasteiger partial charge in [-0.15, -0.1) is 0 Å². The Morgan fingerprint density at radius 2 is 2.00 bits per heavy atom. The molecule has 1 saturated carbocycles. The molecule has 1 aromatic rings. The molecule has 0 amide bonds. The lowest BCUT2D eigenvalue weighted by Gasteiger charge is -2.14. The highest BCUT2D eigenvalue weighted by atomic mass is 35.5. The van der Waals surface area contributed by atoms with Gasteiger partial charge in [0.1, 0.15) is 0 Å². The summed E-state index contributed by atoms with van der Waals surface area (Å²) in [5.74, 6) is 0.785. The highest BCUT2D eigenvalue weighted by molar-refractivity contribution is 7.99. The molecular weight excluding hydrogens is 287 g/mol. The molecule has 1 atom stereocenters. The zero-order chi connectivity index (χ0) is 13.0. The predicted octanol–water partition coefficient (Wildman–Crippen LogP) is 4.57. The molecule has 1 aromatic carbocycles. The van der Waals surface area contributed by atoms with Crippen LogP contribution in [0.2, 0.25) is 10.0 Å². The fourth-order valence-electron chi connectivity index (χ4n) is 2.31. The Morgan fingerprint density at radius 1 is 1.28 bits per heavy atom. The quantitative estimate of drug-likeness (QED) is 0.859. The van der Waals surface area contributed by atoms with Gasteiger partial charge in [0, 0.05) is 27.5 Å². The molecule has 0 saturated heterocycles. The first-order chi connectivity index (χ1) is 8.65. The number of aliphatic hydroxyl groups is 1. The molecule has 18 heavy (non-hydrogen) atoms. The second kappa shape index (κ2) is 7.04. The third-order valence-corrected chi connectivity index (χ3v) is 5.41. The molecule has 0 bridgehead atoms. The van der Waals surface area contributed by atoms with Gasteiger partial charge in [0.2, 0.25) is 0 Å². The summed E-state index contributed by atoms with van der Waals surface area (Å²) in [7, 11) is 0. The van der Waals surface area contributed by atoms with Crippen LogP contribution in [0.5, 0.6) is 0 Å². The van der Waals surface area contributed by atoms with Crippen LogP contribution in [0.25, 0.3) is 0 Å². The minimum atomic E-state index is -0.341. The second-order valence-electron chi connectivity index (χ2n) is 4.83. The van der Waals surface area contributed by atoms with Gasteiger partial charge in [-0.2, -0.15) is 11.8 Å². The Morgan fingerprint density at radius 3 is 2.72 bits per heavy atom. The maximum Gasteiger partial charge on any atom is 0.0671 e. The van der Waals surface area contributed by atoms with Crippen molar-refractivity contribution in [3.05, 3.63) is 33.8 Å². The Hall–Kier alpha value is 0.110. The van der Waals surface area contributed by atoms with Crippen LogP contribution in [0.3, 0.4) is 0 Å². The van der Waals surface area contributed by atoms with Crippen molar-refractivity contribution >= 4 is 35.0 Å². The normalized spacial score (nSPS) is 18.2. The SMILES string of the molecule is OC(CSC1CCCC1)Cc1cc(Cl)ccc1Cl. The van der Waals surface area contributed by atoms with Gasteiger partial charge in [0.15, 0.2) is 0 Å². The molecule has 0 aliphatic heterocycles. The molecule has 0 aromatic heterocycles. The zero-order valence-electron chi connectivity index (χ0n) is 10.2. The van der Waals surface area contributed by atoms with Crippen molar-refractivity contribution in [2.75, 3.05) is 5.75 Å². The van der Waals surface area contributed by atoms with E-state index >= 15 is 0 Å². The molecular formula is C14H18Cl2OS. The van der Waals surface area contributed by atoms with Gasteiger partial charge in [0.05, 0.1) is 6.10 Å².